The van der Waals surface area contributed by atoms with Crippen LogP contribution in [-0.2, 0) is 0 Å². The van der Waals surface area contributed by atoms with E-state index in [1.807, 2.05) is 0 Å². The van der Waals surface area contributed by atoms with E-state index in [1.54, 1.807) is 0 Å². The summed E-state index contributed by atoms with van der Waals surface area (Å²) < 4.78 is 129. The van der Waals surface area contributed by atoms with E-state index in [9.17, 15) is 43.9 Å². The third kappa shape index (κ3) is 0.911. The first-order valence-electron chi connectivity index (χ1n) is 4.35. The molecule has 0 aromatic carbocycles. The Morgan fingerprint density at radius 1 is 0.833 bits per heavy atom. The Morgan fingerprint density at radius 3 is 1.61 bits per heavy atom. The quantitative estimate of drug-likeness (QED) is 0.598. The molecule has 1 saturated carbocycles. The topological polar surface area (TPSA) is 0 Å². The monoisotopic (exact) mass is 288 g/mol. The molecule has 0 heterocycles. The highest BCUT2D eigenvalue weighted by Gasteiger charge is 2.95. The Hall–Kier alpha value is -0.960. The standard InChI is InChI=1S/C8H2F10/c9-1-2(10)6(14)3(11)5(1,13)4(12)7(6,15)8(16,17)18/h3-4H. The second-order valence-electron chi connectivity index (χ2n) is 4.04. The van der Waals surface area contributed by atoms with E-state index in [4.69, 9.17) is 0 Å². The van der Waals surface area contributed by atoms with Crippen LogP contribution in [0.25, 0.3) is 0 Å². The maximum absolute atomic E-state index is 13.5. The Balaban J connectivity index is 2.79. The molecule has 1 fully saturated rings. The number of alkyl halides is 8. The molecule has 0 nitrogen and oxygen atoms in total. The fourth-order valence-electron chi connectivity index (χ4n) is 2.25. The van der Waals surface area contributed by atoms with Crippen LogP contribution in [0, 0.1) is 0 Å². The van der Waals surface area contributed by atoms with Gasteiger partial charge in [0.15, 0.2) is 24.0 Å². The molecule has 0 spiro atoms. The van der Waals surface area contributed by atoms with Crippen molar-refractivity contribution in [2.45, 2.75) is 35.5 Å². The lowest BCUT2D eigenvalue weighted by Gasteiger charge is -2.36. The molecule has 0 radical (unpaired) electrons. The second kappa shape index (κ2) is 2.96. The minimum absolute atomic E-state index is 3.03. The van der Waals surface area contributed by atoms with E-state index >= 15 is 0 Å². The summed E-state index contributed by atoms with van der Waals surface area (Å²) in [6.45, 7) is 0. The minimum Gasteiger partial charge on any atom is -0.239 e. The minimum atomic E-state index is -6.46. The van der Waals surface area contributed by atoms with Crippen LogP contribution in [0.5, 0.6) is 0 Å². The van der Waals surface area contributed by atoms with E-state index in [0.717, 1.165) is 0 Å². The molecule has 18 heavy (non-hydrogen) atoms. The smallest absolute Gasteiger partial charge is 0.239 e. The summed E-state index contributed by atoms with van der Waals surface area (Å²) >= 11 is 0. The normalized spacial score (nSPS) is 52.3. The summed E-state index contributed by atoms with van der Waals surface area (Å²) in [7, 11) is 0. The highest BCUT2D eigenvalue weighted by molar-refractivity contribution is 5.50. The van der Waals surface area contributed by atoms with Crippen molar-refractivity contribution in [3.8, 4) is 0 Å². The molecule has 0 aromatic heterocycles. The second-order valence-corrected chi connectivity index (χ2v) is 4.04. The van der Waals surface area contributed by atoms with Gasteiger partial charge in [0.2, 0.25) is 11.3 Å². The first-order valence-corrected chi connectivity index (χ1v) is 4.35. The van der Waals surface area contributed by atoms with Gasteiger partial charge in [-0.1, -0.05) is 0 Å². The van der Waals surface area contributed by atoms with Gasteiger partial charge in [-0.2, -0.15) is 13.2 Å². The zero-order valence-electron chi connectivity index (χ0n) is 7.93. The summed E-state index contributed by atoms with van der Waals surface area (Å²) in [4.78, 5) is 0. The van der Waals surface area contributed by atoms with Crippen LogP contribution in [0.3, 0.4) is 0 Å². The molecule has 0 amide bonds. The summed E-state index contributed by atoms with van der Waals surface area (Å²) in [6, 6.07) is 0. The number of fused-ring (bicyclic) bond motifs is 2. The molecule has 2 rings (SSSR count). The van der Waals surface area contributed by atoms with Gasteiger partial charge in [-0.3, -0.25) is 0 Å². The predicted octanol–water partition coefficient (Wildman–Crippen LogP) is 3.53. The largest absolute Gasteiger partial charge is 0.429 e. The number of allylic oxidation sites excluding steroid dienone is 2. The average molecular weight is 288 g/mol. The van der Waals surface area contributed by atoms with Gasteiger partial charge in [0.25, 0.3) is 5.67 Å². The summed E-state index contributed by atoms with van der Waals surface area (Å²) in [5.41, 5.74) is -16.2. The summed E-state index contributed by atoms with van der Waals surface area (Å²) in [6.07, 6.45) is -15.3. The Labute approximate surface area is 92.2 Å². The number of halogens is 10. The van der Waals surface area contributed by atoms with Crippen molar-refractivity contribution in [2.24, 2.45) is 0 Å². The van der Waals surface area contributed by atoms with E-state index in [-0.39, 0.29) is 0 Å². The van der Waals surface area contributed by atoms with Crippen LogP contribution in [0.15, 0.2) is 11.7 Å². The van der Waals surface area contributed by atoms with Gasteiger partial charge in [0.1, 0.15) is 0 Å². The molecule has 0 aromatic rings. The highest BCUT2D eigenvalue weighted by Crippen LogP contribution is 2.70. The third-order valence-corrected chi connectivity index (χ3v) is 3.23. The molecule has 2 aliphatic carbocycles. The zero-order chi connectivity index (χ0) is 14.3. The van der Waals surface area contributed by atoms with Crippen LogP contribution >= 0.6 is 0 Å². The molecule has 5 unspecified atom stereocenters. The van der Waals surface area contributed by atoms with Crippen LogP contribution < -0.4 is 0 Å². The summed E-state index contributed by atoms with van der Waals surface area (Å²) in [5.74, 6) is -6.27. The lowest BCUT2D eigenvalue weighted by Crippen LogP contribution is -2.62. The van der Waals surface area contributed by atoms with Crippen molar-refractivity contribution >= 4 is 0 Å². The zero-order valence-corrected chi connectivity index (χ0v) is 7.93. The molecule has 5 atom stereocenters. The Bertz CT molecular complexity index is 440. The van der Waals surface area contributed by atoms with E-state index in [2.05, 4.69) is 0 Å². The van der Waals surface area contributed by atoms with Crippen LogP contribution in [0.1, 0.15) is 0 Å². The molecule has 104 valence electrons. The summed E-state index contributed by atoms with van der Waals surface area (Å²) in [5, 5.41) is 0. The maximum atomic E-state index is 13.5. The molecule has 2 bridgehead atoms. The van der Waals surface area contributed by atoms with Gasteiger partial charge < -0.3 is 0 Å². The van der Waals surface area contributed by atoms with Crippen LogP contribution in [0.2, 0.25) is 0 Å². The van der Waals surface area contributed by atoms with Gasteiger partial charge in [-0.25, -0.2) is 30.7 Å². The van der Waals surface area contributed by atoms with Crippen molar-refractivity contribution in [1.29, 1.82) is 0 Å². The van der Waals surface area contributed by atoms with Gasteiger partial charge in [-0.05, 0) is 0 Å². The molecular weight excluding hydrogens is 286 g/mol. The van der Waals surface area contributed by atoms with Crippen molar-refractivity contribution in [1.82, 2.24) is 0 Å². The van der Waals surface area contributed by atoms with E-state index in [1.165, 1.54) is 0 Å². The fraction of sp³-hybridized carbons (Fsp3) is 0.750. The average Bonchev–Trinajstić information content (AvgIpc) is 2.47. The van der Waals surface area contributed by atoms with Crippen LogP contribution in [0.4, 0.5) is 43.9 Å². The maximum Gasteiger partial charge on any atom is 0.429 e. The molecule has 0 aliphatic heterocycles. The number of hydrogen-bond donors (Lipinski definition) is 0. The number of hydrogen-bond acceptors (Lipinski definition) is 0. The van der Waals surface area contributed by atoms with E-state index < -0.39 is 47.2 Å². The van der Waals surface area contributed by atoms with Gasteiger partial charge in [0.05, 0.1) is 0 Å². The van der Waals surface area contributed by atoms with E-state index in [0.29, 0.717) is 0 Å². The third-order valence-electron chi connectivity index (χ3n) is 3.23. The van der Waals surface area contributed by atoms with Gasteiger partial charge in [-0.15, -0.1) is 0 Å². The molecular formula is C8H2F10. The first-order chi connectivity index (χ1) is 7.87. The number of rotatable bonds is 0. The first kappa shape index (κ1) is 13.5. The molecule has 0 saturated heterocycles. The molecule has 10 heteroatoms. The molecule has 2 aliphatic rings. The lowest BCUT2D eigenvalue weighted by atomic mass is 9.83. The fourth-order valence-corrected chi connectivity index (χ4v) is 2.25. The van der Waals surface area contributed by atoms with Crippen LogP contribution in [-0.4, -0.2) is 35.5 Å². The SMILES string of the molecule is FC1=C(F)C2(F)C(F)C1(F)C(F)C2(F)C(F)(F)F. The highest BCUT2D eigenvalue weighted by atomic mass is 19.4. The van der Waals surface area contributed by atoms with Gasteiger partial charge in [0, 0.05) is 0 Å². The Morgan fingerprint density at radius 2 is 1.28 bits per heavy atom. The molecule has 0 N–H and O–H groups in total. The van der Waals surface area contributed by atoms with Crippen molar-refractivity contribution in [3.63, 3.8) is 0 Å². The lowest BCUT2D eigenvalue weighted by molar-refractivity contribution is -0.283. The van der Waals surface area contributed by atoms with Crippen molar-refractivity contribution in [2.75, 3.05) is 0 Å². The van der Waals surface area contributed by atoms with Crippen molar-refractivity contribution < 1.29 is 43.9 Å². The van der Waals surface area contributed by atoms with Gasteiger partial charge >= 0.3 is 6.18 Å². The predicted molar refractivity (Wildman–Crippen MR) is 36.6 cm³/mol. The van der Waals surface area contributed by atoms with Crippen molar-refractivity contribution in [3.05, 3.63) is 11.7 Å². The Kier molecular flexibility index (Phi) is 2.21.